The first-order chi connectivity index (χ1) is 14.3. The Morgan fingerprint density at radius 3 is 2.79 bits per heavy atom. The molecule has 0 spiro atoms. The molecule has 0 aliphatic carbocycles. The van der Waals surface area contributed by atoms with Crippen molar-refractivity contribution in [2.45, 2.75) is 12.8 Å². The average Bonchev–Trinajstić information content (AvgIpc) is 3.43. The van der Waals surface area contributed by atoms with Crippen molar-refractivity contribution in [3.05, 3.63) is 54.9 Å². The van der Waals surface area contributed by atoms with E-state index in [-0.39, 0.29) is 0 Å². The Balaban J connectivity index is 1.53. The van der Waals surface area contributed by atoms with E-state index in [1.807, 2.05) is 24.5 Å². The number of hydrogen-bond donors (Lipinski definition) is 0. The summed E-state index contributed by atoms with van der Waals surface area (Å²) in [6.45, 7) is 3.29. The lowest BCUT2D eigenvalue weighted by atomic mass is 10.1. The zero-order chi connectivity index (χ0) is 19.6. The first-order valence-electron chi connectivity index (χ1n) is 10.1. The Kier molecular flexibility index (Phi) is 4.77. The number of hydrogen-bond acceptors (Lipinski definition) is 5. The van der Waals surface area contributed by atoms with Gasteiger partial charge in [0.15, 0.2) is 0 Å². The molecule has 3 aromatic heterocycles. The molecule has 0 saturated carbocycles. The van der Waals surface area contributed by atoms with E-state index in [9.17, 15) is 0 Å². The quantitative estimate of drug-likeness (QED) is 0.464. The number of aromatic nitrogens is 3. The van der Waals surface area contributed by atoms with Crippen molar-refractivity contribution < 1.29 is 9.47 Å². The predicted molar refractivity (Wildman–Crippen MR) is 115 cm³/mol. The molecular formula is C23H24N4O2. The third-order valence-corrected chi connectivity index (χ3v) is 5.45. The molecule has 1 aliphatic heterocycles. The molecule has 4 aromatic rings. The van der Waals surface area contributed by atoms with Crippen molar-refractivity contribution >= 4 is 22.2 Å². The van der Waals surface area contributed by atoms with Crippen LogP contribution >= 0.6 is 0 Å². The summed E-state index contributed by atoms with van der Waals surface area (Å²) in [5.74, 6) is 0.787. The Morgan fingerprint density at radius 1 is 1.03 bits per heavy atom. The predicted octanol–water partition coefficient (Wildman–Crippen LogP) is 4.17. The Morgan fingerprint density at radius 2 is 1.93 bits per heavy atom. The molecule has 5 rings (SSSR count). The number of ether oxygens (including phenoxy) is 2. The van der Waals surface area contributed by atoms with Gasteiger partial charge in [-0.15, -0.1) is 0 Å². The third kappa shape index (κ3) is 3.40. The number of para-hydroxylation sites is 1. The number of rotatable bonds is 6. The number of nitrogens with zero attached hydrogens (tertiary/aromatic N) is 4. The van der Waals surface area contributed by atoms with Gasteiger partial charge in [0.1, 0.15) is 18.0 Å². The fourth-order valence-corrected chi connectivity index (χ4v) is 3.97. The van der Waals surface area contributed by atoms with Crippen molar-refractivity contribution in [3.8, 4) is 17.1 Å². The zero-order valence-electron chi connectivity index (χ0n) is 16.5. The fraction of sp³-hybridized carbons (Fsp3) is 0.304. The van der Waals surface area contributed by atoms with Crippen LogP contribution < -0.4 is 9.64 Å². The molecule has 6 heteroatoms. The highest BCUT2D eigenvalue weighted by atomic mass is 16.5. The zero-order valence-corrected chi connectivity index (χ0v) is 16.5. The van der Waals surface area contributed by atoms with E-state index in [2.05, 4.69) is 44.6 Å². The van der Waals surface area contributed by atoms with Gasteiger partial charge in [0.05, 0.1) is 35.4 Å². The standard InChI is InChI=1S/C23H24N4O2/c1-28-13-14-29-18-9-12-27-21(16-24-22(27)15-18)19-8-7-17-5-4-6-20(23(17)25-19)26-10-2-3-11-26/h4-9,12,15-16H,2-3,10-11,13-14H2,1H3. The SMILES string of the molecule is COCCOc1ccn2c(-c3ccc4cccc(N5CCCC5)c4n3)cnc2c1. The number of benzene rings is 1. The van der Waals surface area contributed by atoms with Gasteiger partial charge >= 0.3 is 0 Å². The second-order valence-corrected chi connectivity index (χ2v) is 7.31. The number of anilines is 1. The summed E-state index contributed by atoms with van der Waals surface area (Å²) in [7, 11) is 1.67. The topological polar surface area (TPSA) is 51.9 Å². The minimum absolute atomic E-state index is 0.520. The normalized spacial score (nSPS) is 14.2. The van der Waals surface area contributed by atoms with Crippen LogP contribution in [0.15, 0.2) is 54.9 Å². The minimum Gasteiger partial charge on any atom is -0.491 e. The van der Waals surface area contributed by atoms with E-state index in [0.717, 1.165) is 41.4 Å². The smallest absolute Gasteiger partial charge is 0.140 e. The highest BCUT2D eigenvalue weighted by Crippen LogP contribution is 2.31. The van der Waals surface area contributed by atoms with E-state index in [1.54, 1.807) is 7.11 Å². The first-order valence-corrected chi connectivity index (χ1v) is 10.1. The van der Waals surface area contributed by atoms with Gasteiger partial charge in [-0.1, -0.05) is 18.2 Å². The van der Waals surface area contributed by atoms with Gasteiger partial charge in [-0.05, 0) is 31.0 Å². The minimum atomic E-state index is 0.520. The Labute approximate surface area is 169 Å². The monoisotopic (exact) mass is 388 g/mol. The third-order valence-electron chi connectivity index (χ3n) is 5.45. The molecule has 0 bridgehead atoms. The summed E-state index contributed by atoms with van der Waals surface area (Å²) in [4.78, 5) is 12.1. The number of imidazole rings is 1. The molecule has 1 fully saturated rings. The molecule has 0 atom stereocenters. The molecule has 1 saturated heterocycles. The summed E-state index contributed by atoms with van der Waals surface area (Å²) in [6.07, 6.45) is 6.36. The van der Waals surface area contributed by atoms with Gasteiger partial charge in [0, 0.05) is 37.8 Å². The lowest BCUT2D eigenvalue weighted by molar-refractivity contribution is 0.146. The van der Waals surface area contributed by atoms with E-state index in [1.165, 1.54) is 23.9 Å². The van der Waals surface area contributed by atoms with Crippen molar-refractivity contribution in [3.63, 3.8) is 0 Å². The van der Waals surface area contributed by atoms with Gasteiger partial charge in [-0.3, -0.25) is 4.40 Å². The van der Waals surface area contributed by atoms with Gasteiger partial charge in [-0.25, -0.2) is 9.97 Å². The van der Waals surface area contributed by atoms with Crippen LogP contribution in [0.1, 0.15) is 12.8 Å². The van der Waals surface area contributed by atoms with E-state index in [4.69, 9.17) is 14.5 Å². The summed E-state index contributed by atoms with van der Waals surface area (Å²) in [5, 5.41) is 1.17. The average molecular weight is 388 g/mol. The van der Waals surface area contributed by atoms with Crippen LogP contribution in [-0.2, 0) is 4.74 Å². The van der Waals surface area contributed by atoms with E-state index >= 15 is 0 Å². The van der Waals surface area contributed by atoms with E-state index < -0.39 is 0 Å². The molecule has 0 unspecified atom stereocenters. The van der Waals surface area contributed by atoms with Gasteiger partial charge in [0.25, 0.3) is 0 Å². The summed E-state index contributed by atoms with van der Waals surface area (Å²) in [6, 6.07) is 14.5. The maximum atomic E-state index is 5.70. The molecule has 0 radical (unpaired) electrons. The molecule has 1 aliphatic rings. The molecule has 1 aromatic carbocycles. The van der Waals surface area contributed by atoms with Crippen LogP contribution in [0.3, 0.4) is 0 Å². The molecule has 4 heterocycles. The second kappa shape index (κ2) is 7.72. The van der Waals surface area contributed by atoms with Crippen molar-refractivity contribution in [2.75, 3.05) is 38.3 Å². The number of pyridine rings is 2. The lowest BCUT2D eigenvalue weighted by Crippen LogP contribution is -2.18. The lowest BCUT2D eigenvalue weighted by Gasteiger charge is -2.19. The van der Waals surface area contributed by atoms with Crippen LogP contribution in [0.2, 0.25) is 0 Å². The van der Waals surface area contributed by atoms with Crippen molar-refractivity contribution in [1.82, 2.24) is 14.4 Å². The highest BCUT2D eigenvalue weighted by molar-refractivity contribution is 5.92. The molecule has 148 valence electrons. The maximum absolute atomic E-state index is 5.70. The van der Waals surface area contributed by atoms with E-state index in [0.29, 0.717) is 13.2 Å². The van der Waals surface area contributed by atoms with Gasteiger partial charge in [-0.2, -0.15) is 0 Å². The molecule has 6 nitrogen and oxygen atoms in total. The summed E-state index contributed by atoms with van der Waals surface area (Å²) >= 11 is 0. The van der Waals surface area contributed by atoms with Crippen LogP contribution in [0.5, 0.6) is 5.75 Å². The Bertz CT molecular complexity index is 1150. The fourth-order valence-electron chi connectivity index (χ4n) is 3.97. The molecule has 0 N–H and O–H groups in total. The second-order valence-electron chi connectivity index (χ2n) is 7.31. The first kappa shape index (κ1) is 17.9. The summed E-state index contributed by atoms with van der Waals surface area (Å²) < 4.78 is 12.8. The van der Waals surface area contributed by atoms with Crippen LogP contribution in [0.25, 0.3) is 27.9 Å². The maximum Gasteiger partial charge on any atom is 0.140 e. The molecule has 0 amide bonds. The van der Waals surface area contributed by atoms with Crippen LogP contribution in [0, 0.1) is 0 Å². The largest absolute Gasteiger partial charge is 0.491 e. The van der Waals surface area contributed by atoms with Crippen molar-refractivity contribution in [1.29, 1.82) is 0 Å². The van der Waals surface area contributed by atoms with Gasteiger partial charge in [0.2, 0.25) is 0 Å². The molecule has 29 heavy (non-hydrogen) atoms. The number of methoxy groups -OCH3 is 1. The van der Waals surface area contributed by atoms with Crippen molar-refractivity contribution in [2.24, 2.45) is 0 Å². The Hall–Kier alpha value is -3.12. The summed E-state index contributed by atoms with van der Waals surface area (Å²) in [5.41, 5.74) is 5.02. The van der Waals surface area contributed by atoms with Gasteiger partial charge < -0.3 is 14.4 Å². The molecular weight excluding hydrogens is 364 g/mol. The van der Waals surface area contributed by atoms with Crippen LogP contribution in [-0.4, -0.2) is 47.8 Å². The highest BCUT2D eigenvalue weighted by Gasteiger charge is 2.16. The van der Waals surface area contributed by atoms with Crippen LogP contribution in [0.4, 0.5) is 5.69 Å². The number of fused-ring (bicyclic) bond motifs is 2.